The fourth-order valence-electron chi connectivity index (χ4n) is 1.60. The van der Waals surface area contributed by atoms with Crippen LogP contribution in [0, 0.1) is 6.92 Å². The number of halogens is 3. The first kappa shape index (κ1) is 14.5. The van der Waals surface area contributed by atoms with E-state index in [2.05, 4.69) is 0 Å². The van der Waals surface area contributed by atoms with Gasteiger partial charge in [0.15, 0.2) is 0 Å². The molecule has 0 aliphatic heterocycles. The van der Waals surface area contributed by atoms with E-state index in [-0.39, 0.29) is 12.6 Å². The Morgan fingerprint density at radius 2 is 2.06 bits per heavy atom. The third-order valence-corrected chi connectivity index (χ3v) is 3.69. The van der Waals surface area contributed by atoms with Crippen LogP contribution in [0.15, 0.2) is 12.1 Å². The average Bonchev–Trinajstić information content (AvgIpc) is 2.62. The summed E-state index contributed by atoms with van der Waals surface area (Å²) in [5.74, 6) is 0. The van der Waals surface area contributed by atoms with Gasteiger partial charge in [0.2, 0.25) is 0 Å². The van der Waals surface area contributed by atoms with Crippen LogP contribution in [0.2, 0.25) is 0 Å². The van der Waals surface area contributed by atoms with E-state index in [9.17, 15) is 13.2 Å². The molecule has 0 radical (unpaired) electrons. The van der Waals surface area contributed by atoms with Crippen molar-refractivity contribution in [2.45, 2.75) is 25.6 Å². The Hall–Kier alpha value is -0.590. The van der Waals surface area contributed by atoms with E-state index in [0.717, 1.165) is 9.75 Å². The molecule has 0 amide bonds. The number of aryl methyl sites for hydroxylation is 1. The van der Waals surface area contributed by atoms with Crippen LogP contribution in [-0.4, -0.2) is 31.2 Å². The van der Waals surface area contributed by atoms with Gasteiger partial charge in [-0.3, -0.25) is 4.90 Å². The summed E-state index contributed by atoms with van der Waals surface area (Å²) in [5.41, 5.74) is 5.64. The molecule has 0 saturated heterocycles. The number of rotatable bonds is 5. The maximum absolute atomic E-state index is 12.1. The van der Waals surface area contributed by atoms with Gasteiger partial charge in [-0.15, -0.1) is 11.3 Å². The maximum atomic E-state index is 12.1. The predicted molar refractivity (Wildman–Crippen MR) is 64.2 cm³/mol. The van der Waals surface area contributed by atoms with Gasteiger partial charge in [-0.05, 0) is 26.1 Å². The minimum atomic E-state index is -4.11. The van der Waals surface area contributed by atoms with Gasteiger partial charge in [0.1, 0.15) is 0 Å². The van der Waals surface area contributed by atoms with Crippen LogP contribution in [-0.2, 0) is 0 Å². The second kappa shape index (κ2) is 5.84. The van der Waals surface area contributed by atoms with E-state index in [1.165, 1.54) is 0 Å². The summed E-state index contributed by atoms with van der Waals surface area (Å²) in [6.45, 7) is 2.27. The highest BCUT2D eigenvalue weighted by atomic mass is 32.1. The van der Waals surface area contributed by atoms with E-state index < -0.39 is 12.6 Å². The Balaban J connectivity index is 2.61. The Kier molecular flexibility index (Phi) is 4.97. The minimum Gasteiger partial charge on any atom is -0.329 e. The highest BCUT2D eigenvalue weighted by Crippen LogP contribution is 2.27. The standard InChI is InChI=1S/C11H17F3N2S/c1-8-3-4-10(17-8)9(7-15)16(2)6-5-11(12,13)14/h3-4,9H,5-7,15H2,1-2H3. The van der Waals surface area contributed by atoms with Crippen LogP contribution in [0.5, 0.6) is 0 Å². The van der Waals surface area contributed by atoms with Crippen LogP contribution in [0.3, 0.4) is 0 Å². The van der Waals surface area contributed by atoms with Crippen LogP contribution < -0.4 is 5.73 Å². The molecule has 0 fully saturated rings. The third kappa shape index (κ3) is 4.65. The Labute approximate surface area is 103 Å². The fraction of sp³-hybridized carbons (Fsp3) is 0.636. The molecule has 1 heterocycles. The van der Waals surface area contributed by atoms with Gasteiger partial charge in [-0.25, -0.2) is 0 Å². The SMILES string of the molecule is Cc1ccc(C(CN)N(C)CCC(F)(F)F)s1. The lowest BCUT2D eigenvalue weighted by molar-refractivity contribution is -0.138. The lowest BCUT2D eigenvalue weighted by Crippen LogP contribution is -2.32. The molecule has 0 aromatic carbocycles. The third-order valence-electron chi connectivity index (χ3n) is 2.59. The van der Waals surface area contributed by atoms with E-state index in [1.807, 2.05) is 19.1 Å². The van der Waals surface area contributed by atoms with Crippen molar-refractivity contribution in [1.29, 1.82) is 0 Å². The van der Waals surface area contributed by atoms with Crippen molar-refractivity contribution in [2.24, 2.45) is 5.73 Å². The monoisotopic (exact) mass is 266 g/mol. The summed E-state index contributed by atoms with van der Waals surface area (Å²) in [6.07, 6.45) is -4.91. The van der Waals surface area contributed by atoms with Crippen molar-refractivity contribution < 1.29 is 13.2 Å². The second-order valence-corrected chi connectivity index (χ2v) is 5.37. The van der Waals surface area contributed by atoms with Gasteiger partial charge in [-0.2, -0.15) is 13.2 Å². The Morgan fingerprint density at radius 3 is 2.47 bits per heavy atom. The molecule has 98 valence electrons. The smallest absolute Gasteiger partial charge is 0.329 e. The van der Waals surface area contributed by atoms with E-state index >= 15 is 0 Å². The molecular formula is C11H17F3N2S. The zero-order valence-electron chi connectivity index (χ0n) is 9.92. The van der Waals surface area contributed by atoms with E-state index in [0.29, 0.717) is 6.54 Å². The number of hydrogen-bond acceptors (Lipinski definition) is 3. The van der Waals surface area contributed by atoms with E-state index in [4.69, 9.17) is 5.73 Å². The van der Waals surface area contributed by atoms with Gasteiger partial charge < -0.3 is 5.73 Å². The molecule has 2 nitrogen and oxygen atoms in total. The number of hydrogen-bond donors (Lipinski definition) is 1. The summed E-state index contributed by atoms with van der Waals surface area (Å²) >= 11 is 1.58. The molecule has 0 spiro atoms. The Morgan fingerprint density at radius 1 is 1.41 bits per heavy atom. The van der Waals surface area contributed by atoms with Gasteiger partial charge in [0, 0.05) is 22.8 Å². The molecule has 0 bridgehead atoms. The van der Waals surface area contributed by atoms with Crippen molar-refractivity contribution in [3.8, 4) is 0 Å². The van der Waals surface area contributed by atoms with Crippen LogP contribution >= 0.6 is 11.3 Å². The van der Waals surface area contributed by atoms with Gasteiger partial charge in [0.25, 0.3) is 0 Å². The summed E-state index contributed by atoms with van der Waals surface area (Å²) in [7, 11) is 1.68. The van der Waals surface area contributed by atoms with Crippen molar-refractivity contribution in [3.05, 3.63) is 21.9 Å². The van der Waals surface area contributed by atoms with Crippen LogP contribution in [0.1, 0.15) is 22.2 Å². The molecule has 1 aromatic rings. The first-order valence-corrected chi connectivity index (χ1v) is 6.18. The summed E-state index contributed by atoms with van der Waals surface area (Å²) < 4.78 is 36.4. The fourth-order valence-corrected chi connectivity index (χ4v) is 2.66. The summed E-state index contributed by atoms with van der Waals surface area (Å²) in [5, 5.41) is 0. The van der Waals surface area contributed by atoms with Crippen LogP contribution in [0.25, 0.3) is 0 Å². The minimum absolute atomic E-state index is 0.0255. The lowest BCUT2D eigenvalue weighted by atomic mass is 10.2. The Bertz CT molecular complexity index is 349. The lowest BCUT2D eigenvalue weighted by Gasteiger charge is -2.26. The number of nitrogens with two attached hydrogens (primary N) is 1. The molecule has 1 atom stereocenters. The molecule has 0 aliphatic rings. The molecule has 1 aromatic heterocycles. The highest BCUT2D eigenvalue weighted by molar-refractivity contribution is 7.12. The molecule has 0 aliphatic carbocycles. The predicted octanol–water partition coefficient (Wildman–Crippen LogP) is 2.94. The molecule has 6 heteroatoms. The number of thiophene rings is 1. The van der Waals surface area contributed by atoms with E-state index in [1.54, 1.807) is 23.3 Å². The topological polar surface area (TPSA) is 29.3 Å². The van der Waals surface area contributed by atoms with Crippen molar-refractivity contribution >= 4 is 11.3 Å². The molecule has 2 N–H and O–H groups in total. The van der Waals surface area contributed by atoms with Crippen molar-refractivity contribution in [2.75, 3.05) is 20.1 Å². The molecule has 0 saturated carbocycles. The zero-order valence-corrected chi connectivity index (χ0v) is 10.7. The van der Waals surface area contributed by atoms with Gasteiger partial charge in [0.05, 0.1) is 12.5 Å². The molecular weight excluding hydrogens is 249 g/mol. The largest absolute Gasteiger partial charge is 0.390 e. The van der Waals surface area contributed by atoms with Crippen molar-refractivity contribution in [3.63, 3.8) is 0 Å². The number of alkyl halides is 3. The molecule has 17 heavy (non-hydrogen) atoms. The second-order valence-electron chi connectivity index (χ2n) is 4.05. The summed E-state index contributed by atoms with van der Waals surface area (Å²) in [4.78, 5) is 3.83. The summed E-state index contributed by atoms with van der Waals surface area (Å²) in [6, 6.07) is 3.76. The zero-order chi connectivity index (χ0) is 13.1. The van der Waals surface area contributed by atoms with Gasteiger partial charge in [-0.1, -0.05) is 0 Å². The van der Waals surface area contributed by atoms with Gasteiger partial charge >= 0.3 is 6.18 Å². The highest BCUT2D eigenvalue weighted by Gasteiger charge is 2.28. The first-order chi connectivity index (χ1) is 7.83. The van der Waals surface area contributed by atoms with Crippen molar-refractivity contribution in [1.82, 2.24) is 4.90 Å². The molecule has 1 rings (SSSR count). The van der Waals surface area contributed by atoms with Crippen LogP contribution in [0.4, 0.5) is 13.2 Å². The number of likely N-dealkylation sites (N-methyl/N-ethyl adjacent to an activating group) is 1. The first-order valence-electron chi connectivity index (χ1n) is 5.37. The normalized spacial score (nSPS) is 14.3. The maximum Gasteiger partial charge on any atom is 0.390 e. The molecule has 1 unspecified atom stereocenters. The average molecular weight is 266 g/mol. The quantitative estimate of drug-likeness (QED) is 0.888. The number of nitrogens with zero attached hydrogens (tertiary/aromatic N) is 1.